The molecule has 0 heterocycles. The molecule has 0 saturated carbocycles. The summed E-state index contributed by atoms with van der Waals surface area (Å²) in [7, 11) is 3.32. The molecule has 2 aromatic carbocycles. The lowest BCUT2D eigenvalue weighted by Gasteiger charge is -2.12. The first kappa shape index (κ1) is 10.8. The van der Waals surface area contributed by atoms with Gasteiger partial charge < -0.3 is 15.2 Å². The molecule has 0 aliphatic rings. The van der Waals surface area contributed by atoms with Gasteiger partial charge in [0.2, 0.25) is 0 Å². The van der Waals surface area contributed by atoms with E-state index in [4.69, 9.17) is 15.2 Å². The van der Waals surface area contributed by atoms with Crippen LogP contribution in [0.25, 0.3) is 10.8 Å². The number of rotatable bonds is 3. The van der Waals surface area contributed by atoms with Gasteiger partial charge in [-0.2, -0.15) is 0 Å². The molecule has 0 atom stereocenters. The van der Waals surface area contributed by atoms with Gasteiger partial charge in [0.25, 0.3) is 0 Å². The molecule has 16 heavy (non-hydrogen) atoms. The maximum atomic E-state index is 5.68. The number of hydrogen-bond acceptors (Lipinski definition) is 3. The molecular weight excluding hydrogens is 202 g/mol. The Morgan fingerprint density at radius 2 is 1.81 bits per heavy atom. The van der Waals surface area contributed by atoms with E-state index in [1.165, 1.54) is 0 Å². The Labute approximate surface area is 94.8 Å². The Morgan fingerprint density at radius 1 is 1.00 bits per heavy atom. The monoisotopic (exact) mass is 217 g/mol. The van der Waals surface area contributed by atoms with Crippen LogP contribution in [0.4, 0.5) is 0 Å². The standard InChI is InChI=1S/C13H15NO2/c1-15-12-5-3-4-11-10(12)7-6-9(8-14)13(11)16-2/h3-7H,8,14H2,1-2H3. The fourth-order valence-corrected chi connectivity index (χ4v) is 1.93. The Kier molecular flexibility index (Phi) is 2.97. The van der Waals surface area contributed by atoms with Crippen LogP contribution in [0.2, 0.25) is 0 Å². The topological polar surface area (TPSA) is 44.5 Å². The number of methoxy groups -OCH3 is 2. The molecule has 0 unspecified atom stereocenters. The highest BCUT2D eigenvalue weighted by Gasteiger charge is 2.09. The van der Waals surface area contributed by atoms with Crippen LogP contribution in [-0.2, 0) is 6.54 Å². The highest BCUT2D eigenvalue weighted by Crippen LogP contribution is 2.34. The number of nitrogens with two attached hydrogens (primary N) is 1. The van der Waals surface area contributed by atoms with Crippen LogP contribution in [0, 0.1) is 0 Å². The van der Waals surface area contributed by atoms with Crippen LogP contribution in [0.3, 0.4) is 0 Å². The van der Waals surface area contributed by atoms with Crippen molar-refractivity contribution in [2.75, 3.05) is 14.2 Å². The van der Waals surface area contributed by atoms with Gasteiger partial charge in [-0.15, -0.1) is 0 Å². The van der Waals surface area contributed by atoms with E-state index in [0.717, 1.165) is 27.8 Å². The minimum Gasteiger partial charge on any atom is -0.496 e. The summed E-state index contributed by atoms with van der Waals surface area (Å²) in [4.78, 5) is 0. The molecule has 0 saturated heterocycles. The third-order valence-corrected chi connectivity index (χ3v) is 2.70. The lowest BCUT2D eigenvalue weighted by atomic mass is 10.0. The summed E-state index contributed by atoms with van der Waals surface area (Å²) in [6.07, 6.45) is 0. The summed E-state index contributed by atoms with van der Waals surface area (Å²) in [6, 6.07) is 9.88. The highest BCUT2D eigenvalue weighted by atomic mass is 16.5. The number of fused-ring (bicyclic) bond motifs is 1. The Morgan fingerprint density at radius 3 is 2.44 bits per heavy atom. The van der Waals surface area contributed by atoms with E-state index in [-0.39, 0.29) is 0 Å². The third-order valence-electron chi connectivity index (χ3n) is 2.70. The summed E-state index contributed by atoms with van der Waals surface area (Å²) < 4.78 is 10.7. The van der Waals surface area contributed by atoms with E-state index in [1.54, 1.807) is 14.2 Å². The van der Waals surface area contributed by atoms with E-state index < -0.39 is 0 Å². The van der Waals surface area contributed by atoms with Gasteiger partial charge in [0, 0.05) is 22.9 Å². The molecule has 0 radical (unpaired) electrons. The maximum absolute atomic E-state index is 5.68. The van der Waals surface area contributed by atoms with Crippen LogP contribution >= 0.6 is 0 Å². The highest BCUT2D eigenvalue weighted by molar-refractivity contribution is 5.94. The van der Waals surface area contributed by atoms with E-state index in [2.05, 4.69) is 0 Å². The molecule has 3 heteroatoms. The molecular formula is C13H15NO2. The molecule has 0 amide bonds. The van der Waals surface area contributed by atoms with Crippen LogP contribution in [0.15, 0.2) is 30.3 Å². The predicted octanol–water partition coefficient (Wildman–Crippen LogP) is 2.32. The van der Waals surface area contributed by atoms with Gasteiger partial charge in [-0.1, -0.05) is 24.3 Å². The van der Waals surface area contributed by atoms with Crippen LogP contribution in [0.1, 0.15) is 5.56 Å². The number of benzene rings is 2. The first-order chi connectivity index (χ1) is 7.81. The summed E-state index contributed by atoms with van der Waals surface area (Å²) in [5.74, 6) is 1.68. The molecule has 2 N–H and O–H groups in total. The van der Waals surface area contributed by atoms with Crippen molar-refractivity contribution >= 4 is 10.8 Å². The molecule has 2 aromatic rings. The molecule has 0 aliphatic heterocycles. The lowest BCUT2D eigenvalue weighted by Crippen LogP contribution is -2.00. The van der Waals surface area contributed by atoms with Gasteiger partial charge >= 0.3 is 0 Å². The Balaban J connectivity index is 2.78. The van der Waals surface area contributed by atoms with Gasteiger partial charge in [-0.25, -0.2) is 0 Å². The fourth-order valence-electron chi connectivity index (χ4n) is 1.93. The predicted molar refractivity (Wildman–Crippen MR) is 64.9 cm³/mol. The fraction of sp³-hybridized carbons (Fsp3) is 0.231. The maximum Gasteiger partial charge on any atom is 0.131 e. The Hall–Kier alpha value is -1.74. The minimum absolute atomic E-state index is 0.469. The van der Waals surface area contributed by atoms with Crippen molar-refractivity contribution in [3.05, 3.63) is 35.9 Å². The first-order valence-electron chi connectivity index (χ1n) is 5.14. The van der Waals surface area contributed by atoms with Gasteiger partial charge in [0.1, 0.15) is 11.5 Å². The molecule has 0 aliphatic carbocycles. The van der Waals surface area contributed by atoms with Crippen molar-refractivity contribution in [2.24, 2.45) is 5.73 Å². The largest absolute Gasteiger partial charge is 0.496 e. The number of hydrogen-bond donors (Lipinski definition) is 1. The van der Waals surface area contributed by atoms with Crippen LogP contribution in [0.5, 0.6) is 11.5 Å². The SMILES string of the molecule is COc1cccc2c(OC)c(CN)ccc12. The van der Waals surface area contributed by atoms with Gasteiger partial charge in [-0.3, -0.25) is 0 Å². The summed E-state index contributed by atoms with van der Waals surface area (Å²) in [5.41, 5.74) is 6.68. The van der Waals surface area contributed by atoms with Crippen molar-refractivity contribution in [3.8, 4) is 11.5 Å². The normalized spacial score (nSPS) is 10.4. The second kappa shape index (κ2) is 4.41. The molecule has 0 bridgehead atoms. The summed E-state index contributed by atoms with van der Waals surface area (Å²) in [6.45, 7) is 0.469. The van der Waals surface area contributed by atoms with Gasteiger partial charge in [0.05, 0.1) is 14.2 Å². The molecule has 84 valence electrons. The first-order valence-corrected chi connectivity index (χ1v) is 5.14. The van der Waals surface area contributed by atoms with Crippen LogP contribution in [-0.4, -0.2) is 14.2 Å². The van der Waals surface area contributed by atoms with E-state index in [0.29, 0.717) is 6.54 Å². The molecule has 2 rings (SSSR count). The van der Waals surface area contributed by atoms with E-state index in [1.807, 2.05) is 30.3 Å². The molecule has 0 aromatic heterocycles. The molecule has 0 fully saturated rings. The zero-order valence-corrected chi connectivity index (χ0v) is 9.49. The number of ether oxygens (including phenoxy) is 2. The average Bonchev–Trinajstić information content (AvgIpc) is 2.36. The zero-order chi connectivity index (χ0) is 11.5. The quantitative estimate of drug-likeness (QED) is 0.858. The van der Waals surface area contributed by atoms with Gasteiger partial charge in [0.15, 0.2) is 0 Å². The summed E-state index contributed by atoms with van der Waals surface area (Å²) in [5, 5.41) is 2.07. The van der Waals surface area contributed by atoms with Gasteiger partial charge in [-0.05, 0) is 6.07 Å². The average molecular weight is 217 g/mol. The van der Waals surface area contributed by atoms with Crippen molar-refractivity contribution in [3.63, 3.8) is 0 Å². The molecule has 0 spiro atoms. The smallest absolute Gasteiger partial charge is 0.131 e. The lowest BCUT2D eigenvalue weighted by molar-refractivity contribution is 0.412. The van der Waals surface area contributed by atoms with E-state index in [9.17, 15) is 0 Å². The van der Waals surface area contributed by atoms with Crippen molar-refractivity contribution in [1.82, 2.24) is 0 Å². The van der Waals surface area contributed by atoms with Crippen molar-refractivity contribution in [2.45, 2.75) is 6.54 Å². The third kappa shape index (κ3) is 1.59. The van der Waals surface area contributed by atoms with Crippen molar-refractivity contribution in [1.29, 1.82) is 0 Å². The minimum atomic E-state index is 0.469. The van der Waals surface area contributed by atoms with Crippen molar-refractivity contribution < 1.29 is 9.47 Å². The zero-order valence-electron chi connectivity index (χ0n) is 9.49. The second-order valence-electron chi connectivity index (χ2n) is 3.52. The summed E-state index contributed by atoms with van der Waals surface area (Å²) >= 11 is 0. The van der Waals surface area contributed by atoms with E-state index >= 15 is 0 Å². The molecule has 3 nitrogen and oxygen atoms in total. The second-order valence-corrected chi connectivity index (χ2v) is 3.52. The Bertz CT molecular complexity index is 509. The van der Waals surface area contributed by atoms with Crippen LogP contribution < -0.4 is 15.2 Å².